The fourth-order valence-electron chi connectivity index (χ4n) is 4.67. The lowest BCUT2D eigenvalue weighted by Crippen LogP contribution is -2.28. The number of aromatic nitrogens is 2. The van der Waals surface area contributed by atoms with Crippen molar-refractivity contribution in [2.75, 3.05) is 6.61 Å². The monoisotopic (exact) mass is 460 g/mol. The number of fused-ring (bicyclic) bond motifs is 1. The summed E-state index contributed by atoms with van der Waals surface area (Å²) in [7, 11) is 0. The molecule has 1 N–H and O–H groups in total. The number of halogens is 1. The maximum Gasteiger partial charge on any atom is 0.337 e. The summed E-state index contributed by atoms with van der Waals surface area (Å²) in [5.41, 5.74) is 3.74. The van der Waals surface area contributed by atoms with Crippen molar-refractivity contribution in [1.29, 1.82) is 0 Å². The smallest absolute Gasteiger partial charge is 0.337 e. The molecule has 0 fully saturated rings. The van der Waals surface area contributed by atoms with Crippen molar-refractivity contribution < 1.29 is 23.8 Å². The van der Waals surface area contributed by atoms with Crippen LogP contribution in [-0.4, -0.2) is 33.3 Å². The molecule has 2 aromatic carbocycles. The van der Waals surface area contributed by atoms with Gasteiger partial charge < -0.3 is 14.6 Å². The highest BCUT2D eigenvalue weighted by atomic mass is 19.1. The fraction of sp³-hybridized carbons (Fsp3) is 0.296. The Balaban J connectivity index is 1.92. The lowest BCUT2D eigenvalue weighted by Gasteiger charge is -2.28. The number of benzene rings is 2. The van der Waals surface area contributed by atoms with E-state index in [2.05, 4.69) is 9.97 Å². The lowest BCUT2D eigenvalue weighted by atomic mass is 9.88. The second-order valence-electron chi connectivity index (χ2n) is 9.50. The molecule has 0 bridgehead atoms. The third kappa shape index (κ3) is 3.76. The highest BCUT2D eigenvalue weighted by Gasteiger charge is 2.33. The van der Waals surface area contributed by atoms with Crippen molar-refractivity contribution in [1.82, 2.24) is 9.97 Å². The Morgan fingerprint density at radius 1 is 1.21 bits per heavy atom. The number of carboxylic acid groups (broad SMARTS) is 1. The van der Waals surface area contributed by atoms with Crippen molar-refractivity contribution in [2.24, 2.45) is 0 Å². The Morgan fingerprint density at radius 3 is 2.74 bits per heavy atom. The maximum absolute atomic E-state index is 14.5. The molecule has 0 unspecified atom stereocenters. The number of hydrogen-bond acceptors (Lipinski definition) is 5. The molecule has 6 nitrogen and oxygen atoms in total. The highest BCUT2D eigenvalue weighted by Crippen LogP contribution is 2.44. The van der Waals surface area contributed by atoms with Crippen molar-refractivity contribution in [3.63, 3.8) is 0 Å². The van der Waals surface area contributed by atoms with E-state index in [0.717, 1.165) is 23.1 Å². The van der Waals surface area contributed by atoms with Crippen LogP contribution in [-0.2, 0) is 16.0 Å². The van der Waals surface area contributed by atoms with Crippen LogP contribution >= 0.6 is 0 Å². The zero-order valence-corrected chi connectivity index (χ0v) is 19.5. The molecule has 0 radical (unpaired) electrons. The van der Waals surface area contributed by atoms with Gasteiger partial charge in [0.2, 0.25) is 0 Å². The molecule has 0 saturated heterocycles. The fourth-order valence-corrected chi connectivity index (χ4v) is 4.67. The quantitative estimate of drug-likeness (QED) is 0.416. The summed E-state index contributed by atoms with van der Waals surface area (Å²) >= 11 is 0. The standard InChI is InChI=1S/C27H25FN2O4/c1-14-21(25(26(31)32)34-27(2,3)4)23(18-13-16(28)5-7-19(18)30-14)17-6-8-20-22-15(10-12-33-20)9-11-29-24(17)22/h5-9,11,13,25H,10,12H2,1-4H3,(H,31,32)/t25-/m0/s1. The summed E-state index contributed by atoms with van der Waals surface area (Å²) in [4.78, 5) is 21.8. The number of aliphatic carboxylic acids is 1. The molecule has 2 aromatic heterocycles. The molecule has 0 spiro atoms. The summed E-state index contributed by atoms with van der Waals surface area (Å²) in [5, 5.41) is 11.6. The van der Waals surface area contributed by atoms with Gasteiger partial charge in [0.1, 0.15) is 11.6 Å². The first-order valence-electron chi connectivity index (χ1n) is 11.2. The number of ether oxygens (including phenoxy) is 2. The normalized spacial score (nSPS) is 14.3. The van der Waals surface area contributed by atoms with Crippen LogP contribution < -0.4 is 4.74 Å². The Labute approximate surface area is 196 Å². The summed E-state index contributed by atoms with van der Waals surface area (Å²) in [5.74, 6) is -0.847. The molecule has 1 atom stereocenters. The molecule has 4 aromatic rings. The topological polar surface area (TPSA) is 81.5 Å². The van der Waals surface area contributed by atoms with E-state index in [1.54, 1.807) is 40.0 Å². The molecule has 3 heterocycles. The van der Waals surface area contributed by atoms with Gasteiger partial charge in [-0.2, -0.15) is 0 Å². The van der Waals surface area contributed by atoms with Gasteiger partial charge >= 0.3 is 5.97 Å². The molecule has 0 aliphatic carbocycles. The number of carboxylic acids is 1. The van der Waals surface area contributed by atoms with Gasteiger partial charge in [0.05, 0.1) is 23.2 Å². The predicted octanol–water partition coefficient (Wildman–Crippen LogP) is 5.77. The van der Waals surface area contributed by atoms with Crippen LogP contribution in [0, 0.1) is 12.7 Å². The number of aryl methyl sites for hydroxylation is 1. The van der Waals surface area contributed by atoms with Gasteiger partial charge in [0, 0.05) is 45.8 Å². The average molecular weight is 461 g/mol. The molecule has 1 aliphatic heterocycles. The first-order valence-corrected chi connectivity index (χ1v) is 11.2. The first-order chi connectivity index (χ1) is 16.1. The minimum Gasteiger partial charge on any atom is -0.493 e. The summed E-state index contributed by atoms with van der Waals surface area (Å²) in [6.45, 7) is 7.74. The Morgan fingerprint density at radius 2 is 2.00 bits per heavy atom. The van der Waals surface area contributed by atoms with E-state index in [1.807, 2.05) is 18.2 Å². The minimum atomic E-state index is -1.31. The van der Waals surface area contributed by atoms with Gasteiger partial charge in [-0.15, -0.1) is 0 Å². The second-order valence-corrected chi connectivity index (χ2v) is 9.50. The highest BCUT2D eigenvalue weighted by molar-refractivity contribution is 6.07. The van der Waals surface area contributed by atoms with Crippen molar-refractivity contribution in [2.45, 2.75) is 45.8 Å². The van der Waals surface area contributed by atoms with E-state index >= 15 is 0 Å². The largest absolute Gasteiger partial charge is 0.493 e. The molecular weight excluding hydrogens is 435 g/mol. The van der Waals surface area contributed by atoms with Crippen molar-refractivity contribution >= 4 is 27.8 Å². The molecule has 0 amide bonds. The summed E-state index contributed by atoms with van der Waals surface area (Å²) in [6, 6.07) is 10.0. The van der Waals surface area contributed by atoms with Crippen LogP contribution in [0.1, 0.15) is 43.7 Å². The third-order valence-electron chi connectivity index (χ3n) is 5.97. The SMILES string of the molecule is Cc1nc2ccc(F)cc2c(-c2ccc3c4c(ccnc24)CCO3)c1[C@H](OC(C)(C)C)C(=O)O. The Hall–Kier alpha value is -3.58. The van der Waals surface area contributed by atoms with E-state index in [0.29, 0.717) is 45.4 Å². The van der Waals surface area contributed by atoms with Gasteiger partial charge in [-0.05, 0) is 69.7 Å². The van der Waals surface area contributed by atoms with E-state index in [-0.39, 0.29) is 0 Å². The predicted molar refractivity (Wildman–Crippen MR) is 128 cm³/mol. The van der Waals surface area contributed by atoms with Gasteiger partial charge in [-0.3, -0.25) is 9.97 Å². The lowest BCUT2D eigenvalue weighted by molar-refractivity contribution is -0.160. The van der Waals surface area contributed by atoms with Crippen LogP contribution in [0.25, 0.3) is 32.9 Å². The van der Waals surface area contributed by atoms with Crippen molar-refractivity contribution in [3.8, 4) is 16.9 Å². The molecule has 0 saturated carbocycles. The Bertz CT molecular complexity index is 1450. The minimum absolute atomic E-state index is 0.389. The second kappa shape index (κ2) is 8.02. The van der Waals surface area contributed by atoms with Crippen LogP contribution in [0.3, 0.4) is 0 Å². The van der Waals surface area contributed by atoms with E-state index < -0.39 is 23.5 Å². The number of nitrogens with zero attached hydrogens (tertiary/aromatic N) is 2. The zero-order chi connectivity index (χ0) is 24.2. The number of pyridine rings is 2. The van der Waals surface area contributed by atoms with Gasteiger partial charge in [0.15, 0.2) is 6.10 Å². The summed E-state index contributed by atoms with van der Waals surface area (Å²) in [6.07, 6.45) is 1.18. The Kier molecular flexibility index (Phi) is 5.24. The molecule has 7 heteroatoms. The molecule has 34 heavy (non-hydrogen) atoms. The maximum atomic E-state index is 14.5. The van der Waals surface area contributed by atoms with Crippen LogP contribution in [0.5, 0.6) is 5.75 Å². The molecule has 5 rings (SSSR count). The summed E-state index contributed by atoms with van der Waals surface area (Å²) < 4.78 is 26.4. The first kappa shape index (κ1) is 22.2. The number of carbonyl (C=O) groups is 1. The van der Waals surface area contributed by atoms with E-state index in [9.17, 15) is 14.3 Å². The number of rotatable bonds is 4. The van der Waals surface area contributed by atoms with Crippen LogP contribution in [0.15, 0.2) is 42.6 Å². The van der Waals surface area contributed by atoms with E-state index in [4.69, 9.17) is 9.47 Å². The zero-order valence-electron chi connectivity index (χ0n) is 19.5. The molecule has 174 valence electrons. The van der Waals surface area contributed by atoms with Crippen LogP contribution in [0.4, 0.5) is 4.39 Å². The molecular formula is C27H25FN2O4. The van der Waals surface area contributed by atoms with Gasteiger partial charge in [0.25, 0.3) is 0 Å². The van der Waals surface area contributed by atoms with Crippen LogP contribution in [0.2, 0.25) is 0 Å². The van der Waals surface area contributed by atoms with E-state index in [1.165, 1.54) is 12.1 Å². The third-order valence-corrected chi connectivity index (χ3v) is 5.97. The van der Waals surface area contributed by atoms with Gasteiger partial charge in [-0.1, -0.05) is 0 Å². The van der Waals surface area contributed by atoms with Crippen molar-refractivity contribution in [3.05, 3.63) is 65.2 Å². The average Bonchev–Trinajstić information content (AvgIpc) is 2.77. The molecule has 1 aliphatic rings. The number of hydrogen-bond donors (Lipinski definition) is 1. The van der Waals surface area contributed by atoms with Gasteiger partial charge in [-0.25, -0.2) is 9.18 Å².